The van der Waals surface area contributed by atoms with Gasteiger partial charge in [-0.3, -0.25) is 9.69 Å². The van der Waals surface area contributed by atoms with E-state index in [0.29, 0.717) is 6.61 Å². The zero-order valence-electron chi connectivity index (χ0n) is 14.2. The number of benzene rings is 1. The number of carbonyl (C=O) groups excluding carboxylic acids is 1. The first-order valence-corrected chi connectivity index (χ1v) is 8.85. The predicted octanol–water partition coefficient (Wildman–Crippen LogP) is 2.68. The van der Waals surface area contributed by atoms with Crippen LogP contribution in [0.4, 0.5) is 0 Å². The average Bonchev–Trinajstić information content (AvgIpc) is 3.34. The minimum atomic E-state index is -0.494. The summed E-state index contributed by atoms with van der Waals surface area (Å²) in [5.41, 5.74) is 0.850. The third kappa shape index (κ3) is 4.33. The molecule has 0 bridgehead atoms. The molecule has 1 spiro atoms. The monoisotopic (exact) mass is 316 g/mol. The minimum Gasteiger partial charge on any atom is -0.364 e. The molecule has 4 heteroatoms. The van der Waals surface area contributed by atoms with Gasteiger partial charge in [0.1, 0.15) is 5.60 Å². The third-order valence-electron chi connectivity index (χ3n) is 4.94. The highest BCUT2D eigenvalue weighted by molar-refractivity contribution is 5.88. The Kier molecular flexibility index (Phi) is 5.34. The SMILES string of the molecule is CN1CCCCCN(Cc2ccccc2)CCOC2(CC2)C1=O. The Hall–Kier alpha value is -1.39. The summed E-state index contributed by atoms with van der Waals surface area (Å²) in [5.74, 6) is 0.188. The van der Waals surface area contributed by atoms with Crippen molar-refractivity contribution in [2.75, 3.05) is 33.3 Å². The lowest BCUT2D eigenvalue weighted by Crippen LogP contribution is -2.42. The number of likely N-dealkylation sites (N-methyl/N-ethyl adjacent to an activating group) is 1. The van der Waals surface area contributed by atoms with Gasteiger partial charge in [-0.05, 0) is 37.8 Å². The first-order valence-electron chi connectivity index (χ1n) is 8.85. The van der Waals surface area contributed by atoms with Crippen LogP contribution < -0.4 is 0 Å². The summed E-state index contributed by atoms with van der Waals surface area (Å²) < 4.78 is 6.03. The first kappa shape index (κ1) is 16.5. The van der Waals surface area contributed by atoms with Gasteiger partial charge in [0.15, 0.2) is 0 Å². The van der Waals surface area contributed by atoms with Gasteiger partial charge >= 0.3 is 0 Å². The molecule has 1 aromatic rings. The van der Waals surface area contributed by atoms with Crippen molar-refractivity contribution >= 4 is 5.91 Å². The van der Waals surface area contributed by atoms with Gasteiger partial charge in [-0.15, -0.1) is 0 Å². The van der Waals surface area contributed by atoms with Gasteiger partial charge in [0, 0.05) is 26.7 Å². The normalized spacial score (nSPS) is 23.3. The third-order valence-corrected chi connectivity index (χ3v) is 4.94. The van der Waals surface area contributed by atoms with Crippen molar-refractivity contribution in [1.29, 1.82) is 0 Å². The summed E-state index contributed by atoms with van der Waals surface area (Å²) in [5, 5.41) is 0. The van der Waals surface area contributed by atoms with Gasteiger partial charge in [0.25, 0.3) is 5.91 Å². The molecule has 0 aromatic heterocycles. The van der Waals surface area contributed by atoms with Crippen molar-refractivity contribution in [3.05, 3.63) is 35.9 Å². The van der Waals surface area contributed by atoms with E-state index in [0.717, 1.165) is 45.4 Å². The molecule has 4 nitrogen and oxygen atoms in total. The van der Waals surface area contributed by atoms with E-state index in [9.17, 15) is 4.79 Å². The highest BCUT2D eigenvalue weighted by Crippen LogP contribution is 2.41. The van der Waals surface area contributed by atoms with Crippen molar-refractivity contribution in [2.45, 2.75) is 44.2 Å². The highest BCUT2D eigenvalue weighted by Gasteiger charge is 2.52. The molecule has 1 saturated carbocycles. The lowest BCUT2D eigenvalue weighted by Gasteiger charge is -2.28. The summed E-state index contributed by atoms with van der Waals surface area (Å²) in [7, 11) is 1.92. The quantitative estimate of drug-likeness (QED) is 0.841. The Morgan fingerprint density at radius 2 is 1.78 bits per heavy atom. The van der Waals surface area contributed by atoms with E-state index in [4.69, 9.17) is 4.74 Å². The second-order valence-corrected chi connectivity index (χ2v) is 6.89. The van der Waals surface area contributed by atoms with Gasteiger partial charge < -0.3 is 9.64 Å². The number of amides is 1. The van der Waals surface area contributed by atoms with Crippen molar-refractivity contribution in [2.24, 2.45) is 0 Å². The van der Waals surface area contributed by atoms with Crippen LogP contribution >= 0.6 is 0 Å². The summed E-state index contributed by atoms with van der Waals surface area (Å²) in [6, 6.07) is 10.6. The summed E-state index contributed by atoms with van der Waals surface area (Å²) in [4.78, 5) is 16.8. The first-order chi connectivity index (χ1) is 11.2. The molecular formula is C19H28N2O2. The lowest BCUT2D eigenvalue weighted by atomic mass is 10.1. The van der Waals surface area contributed by atoms with Gasteiger partial charge in [-0.1, -0.05) is 36.8 Å². The van der Waals surface area contributed by atoms with Crippen LogP contribution in [0.3, 0.4) is 0 Å². The average molecular weight is 316 g/mol. The zero-order valence-corrected chi connectivity index (χ0v) is 14.2. The predicted molar refractivity (Wildman–Crippen MR) is 91.1 cm³/mol. The van der Waals surface area contributed by atoms with E-state index in [2.05, 4.69) is 35.2 Å². The number of hydrogen-bond donors (Lipinski definition) is 0. The lowest BCUT2D eigenvalue weighted by molar-refractivity contribution is -0.146. The zero-order chi connectivity index (χ0) is 16.1. The van der Waals surface area contributed by atoms with Crippen molar-refractivity contribution in [1.82, 2.24) is 9.80 Å². The molecule has 1 aliphatic carbocycles. The van der Waals surface area contributed by atoms with Crippen LogP contribution in [0.25, 0.3) is 0 Å². The van der Waals surface area contributed by atoms with Gasteiger partial charge in [0.05, 0.1) is 6.61 Å². The number of nitrogens with zero attached hydrogens (tertiary/aromatic N) is 2. The fraction of sp³-hybridized carbons (Fsp3) is 0.632. The van der Waals surface area contributed by atoms with Crippen molar-refractivity contribution < 1.29 is 9.53 Å². The molecule has 1 amide bonds. The second-order valence-electron chi connectivity index (χ2n) is 6.89. The van der Waals surface area contributed by atoms with Crippen LogP contribution in [0.2, 0.25) is 0 Å². The van der Waals surface area contributed by atoms with Crippen LogP contribution in [0, 0.1) is 0 Å². The second kappa shape index (κ2) is 7.45. The summed E-state index contributed by atoms with van der Waals surface area (Å²) >= 11 is 0. The Bertz CT molecular complexity index is 513. The maximum absolute atomic E-state index is 12.5. The van der Waals surface area contributed by atoms with E-state index in [1.807, 2.05) is 11.9 Å². The van der Waals surface area contributed by atoms with E-state index >= 15 is 0 Å². The summed E-state index contributed by atoms with van der Waals surface area (Å²) in [6.07, 6.45) is 5.21. The molecule has 3 rings (SSSR count). The Balaban J connectivity index is 1.60. The molecule has 0 unspecified atom stereocenters. The summed E-state index contributed by atoms with van der Waals surface area (Å²) in [6.45, 7) is 4.46. The Labute approximate surface area is 139 Å². The molecule has 1 aromatic carbocycles. The molecular weight excluding hydrogens is 288 g/mol. The van der Waals surface area contributed by atoms with E-state index < -0.39 is 5.60 Å². The minimum absolute atomic E-state index is 0.188. The molecule has 1 heterocycles. The van der Waals surface area contributed by atoms with Crippen LogP contribution in [0.5, 0.6) is 0 Å². The molecule has 1 aliphatic heterocycles. The van der Waals surface area contributed by atoms with Crippen LogP contribution in [0.15, 0.2) is 30.3 Å². The number of hydrogen-bond acceptors (Lipinski definition) is 3. The Morgan fingerprint density at radius 3 is 2.52 bits per heavy atom. The maximum Gasteiger partial charge on any atom is 0.254 e. The molecule has 126 valence electrons. The van der Waals surface area contributed by atoms with E-state index in [1.165, 1.54) is 18.4 Å². The highest BCUT2D eigenvalue weighted by atomic mass is 16.5. The standard InChI is InChI=1S/C19H28N2O2/c1-20-12-6-3-7-13-21(16-17-8-4-2-5-9-17)14-15-23-19(10-11-19)18(20)22/h2,4-5,8-9H,3,6-7,10-16H2,1H3. The number of rotatable bonds is 2. The molecule has 1 saturated heterocycles. The van der Waals surface area contributed by atoms with Gasteiger partial charge in [0.2, 0.25) is 0 Å². The van der Waals surface area contributed by atoms with Crippen LogP contribution in [0.1, 0.15) is 37.7 Å². The topological polar surface area (TPSA) is 32.8 Å². The van der Waals surface area contributed by atoms with Gasteiger partial charge in [-0.25, -0.2) is 0 Å². The maximum atomic E-state index is 12.5. The molecule has 0 radical (unpaired) electrons. The molecule has 2 aliphatic rings. The molecule has 0 N–H and O–H groups in total. The van der Waals surface area contributed by atoms with Crippen molar-refractivity contribution in [3.63, 3.8) is 0 Å². The van der Waals surface area contributed by atoms with E-state index in [-0.39, 0.29) is 5.91 Å². The molecule has 0 atom stereocenters. The number of ether oxygens (including phenoxy) is 1. The van der Waals surface area contributed by atoms with E-state index in [1.54, 1.807) is 0 Å². The Morgan fingerprint density at radius 1 is 1.04 bits per heavy atom. The fourth-order valence-electron chi connectivity index (χ4n) is 3.33. The molecule has 2 fully saturated rings. The van der Waals surface area contributed by atoms with Crippen LogP contribution in [-0.2, 0) is 16.1 Å². The van der Waals surface area contributed by atoms with Crippen LogP contribution in [-0.4, -0.2) is 54.6 Å². The number of carbonyl (C=O) groups is 1. The van der Waals surface area contributed by atoms with Crippen molar-refractivity contribution in [3.8, 4) is 0 Å². The molecule has 23 heavy (non-hydrogen) atoms. The largest absolute Gasteiger partial charge is 0.364 e. The fourth-order valence-corrected chi connectivity index (χ4v) is 3.33. The van der Waals surface area contributed by atoms with Gasteiger partial charge in [-0.2, -0.15) is 0 Å². The smallest absolute Gasteiger partial charge is 0.254 e.